The third-order valence-electron chi connectivity index (χ3n) is 6.42. The fourth-order valence-corrected chi connectivity index (χ4v) is 4.84. The summed E-state index contributed by atoms with van der Waals surface area (Å²) in [5.74, 6) is 0.650. The zero-order chi connectivity index (χ0) is 25.5. The maximum Gasteiger partial charge on any atom is 0.410 e. The number of hydrogen-bond acceptors (Lipinski definition) is 8. The van der Waals surface area contributed by atoms with Gasteiger partial charge in [0.15, 0.2) is 6.79 Å². The van der Waals surface area contributed by atoms with Crippen LogP contribution in [0.25, 0.3) is 22.2 Å². The standard InChI is InChI=1S/C27H29N5O4/c1-26(2,3)36-25(33)32-15-27(16-32)13-31(14-27)23-11-21-18(9-19(23)12-28)10-22(30-29-21)20-7-5-6-8-24(20)35-17-34-4/h5-11H,13-17H2,1-4H3. The van der Waals surface area contributed by atoms with Gasteiger partial charge < -0.3 is 24.0 Å². The van der Waals surface area contributed by atoms with Crippen LogP contribution >= 0.6 is 0 Å². The largest absolute Gasteiger partial charge is 0.467 e. The van der Waals surface area contributed by atoms with Crippen molar-refractivity contribution in [2.24, 2.45) is 5.41 Å². The molecule has 0 atom stereocenters. The van der Waals surface area contributed by atoms with Crippen LogP contribution < -0.4 is 9.64 Å². The van der Waals surface area contributed by atoms with E-state index in [-0.39, 0.29) is 18.3 Å². The average molecular weight is 488 g/mol. The van der Waals surface area contributed by atoms with Crippen LogP contribution in [0, 0.1) is 16.7 Å². The summed E-state index contributed by atoms with van der Waals surface area (Å²) in [6.45, 7) is 8.64. The summed E-state index contributed by atoms with van der Waals surface area (Å²) in [4.78, 5) is 16.2. The van der Waals surface area contributed by atoms with Gasteiger partial charge in [-0.3, -0.25) is 0 Å². The smallest absolute Gasteiger partial charge is 0.410 e. The molecule has 0 unspecified atom stereocenters. The molecular formula is C27H29N5O4. The summed E-state index contributed by atoms with van der Waals surface area (Å²) < 4.78 is 16.2. The van der Waals surface area contributed by atoms with Crippen molar-refractivity contribution in [3.8, 4) is 23.1 Å². The molecule has 2 aliphatic rings. The number of carbonyl (C=O) groups is 1. The number of nitriles is 1. The number of benzene rings is 2. The summed E-state index contributed by atoms with van der Waals surface area (Å²) in [6.07, 6.45) is -0.268. The Bertz CT molecular complexity index is 1350. The number of para-hydroxylation sites is 1. The number of methoxy groups -OCH3 is 1. The van der Waals surface area contributed by atoms with Crippen molar-refractivity contribution in [3.05, 3.63) is 48.0 Å². The van der Waals surface area contributed by atoms with Gasteiger partial charge in [-0.1, -0.05) is 12.1 Å². The van der Waals surface area contributed by atoms with Crippen molar-refractivity contribution >= 4 is 22.7 Å². The zero-order valence-electron chi connectivity index (χ0n) is 20.9. The second-order valence-corrected chi connectivity index (χ2v) is 10.5. The van der Waals surface area contributed by atoms with Crippen LogP contribution in [0.3, 0.4) is 0 Å². The molecule has 3 heterocycles. The first-order chi connectivity index (χ1) is 17.2. The fraction of sp³-hybridized carbons (Fsp3) is 0.407. The Morgan fingerprint density at radius 3 is 2.56 bits per heavy atom. The van der Waals surface area contributed by atoms with Crippen molar-refractivity contribution in [2.45, 2.75) is 26.4 Å². The number of nitrogens with zero attached hydrogens (tertiary/aromatic N) is 5. The highest BCUT2D eigenvalue weighted by Gasteiger charge is 2.54. The van der Waals surface area contributed by atoms with Gasteiger partial charge >= 0.3 is 6.09 Å². The third-order valence-corrected chi connectivity index (χ3v) is 6.42. The molecule has 5 rings (SSSR count). The Kier molecular flexibility index (Phi) is 5.92. The number of anilines is 1. The monoisotopic (exact) mass is 487 g/mol. The normalized spacial score (nSPS) is 16.3. The molecule has 1 spiro atoms. The van der Waals surface area contributed by atoms with Crippen molar-refractivity contribution in [1.82, 2.24) is 15.1 Å². The quantitative estimate of drug-likeness (QED) is 0.494. The summed E-state index contributed by atoms with van der Waals surface area (Å²) in [6, 6.07) is 15.6. The number of carbonyl (C=O) groups excluding carboxylic acids is 1. The molecule has 2 saturated heterocycles. The first-order valence-corrected chi connectivity index (χ1v) is 11.9. The highest BCUT2D eigenvalue weighted by Crippen LogP contribution is 2.44. The Morgan fingerprint density at radius 2 is 1.86 bits per heavy atom. The van der Waals surface area contributed by atoms with Crippen LogP contribution in [-0.4, -0.2) is 66.9 Å². The van der Waals surface area contributed by atoms with Gasteiger partial charge in [-0.05, 0) is 51.1 Å². The molecule has 3 aromatic rings. The second-order valence-electron chi connectivity index (χ2n) is 10.5. The number of fused-ring (bicyclic) bond motifs is 1. The van der Waals surface area contributed by atoms with Crippen LogP contribution in [0.5, 0.6) is 5.75 Å². The van der Waals surface area contributed by atoms with E-state index in [1.165, 1.54) is 0 Å². The topological polar surface area (TPSA) is 101 Å². The SMILES string of the molecule is COCOc1ccccc1-c1cc2cc(C#N)c(N3CC4(CN(C(=O)OC(C)(C)C)C4)C3)cc2nn1. The molecule has 2 aromatic carbocycles. The zero-order valence-corrected chi connectivity index (χ0v) is 20.9. The Morgan fingerprint density at radius 1 is 1.11 bits per heavy atom. The predicted molar refractivity (Wildman–Crippen MR) is 135 cm³/mol. The number of ether oxygens (including phenoxy) is 3. The lowest BCUT2D eigenvalue weighted by Crippen LogP contribution is -2.73. The van der Waals surface area contributed by atoms with E-state index >= 15 is 0 Å². The molecule has 1 aromatic heterocycles. The van der Waals surface area contributed by atoms with Gasteiger partial charge in [-0.25, -0.2) is 4.79 Å². The average Bonchev–Trinajstić information content (AvgIpc) is 2.79. The molecule has 2 aliphatic heterocycles. The van der Waals surface area contributed by atoms with Gasteiger partial charge in [0.05, 0.1) is 22.5 Å². The molecule has 0 aliphatic carbocycles. The van der Waals surface area contributed by atoms with Crippen molar-refractivity contribution in [1.29, 1.82) is 5.26 Å². The van der Waals surface area contributed by atoms with E-state index in [1.807, 2.05) is 63.2 Å². The summed E-state index contributed by atoms with van der Waals surface area (Å²) in [5.41, 5.74) is 3.16. The highest BCUT2D eigenvalue weighted by molar-refractivity contribution is 5.88. The van der Waals surface area contributed by atoms with Crippen LogP contribution in [0.15, 0.2) is 42.5 Å². The van der Waals surface area contributed by atoms with E-state index in [9.17, 15) is 10.1 Å². The van der Waals surface area contributed by atoms with E-state index in [2.05, 4.69) is 21.2 Å². The predicted octanol–water partition coefficient (Wildman–Crippen LogP) is 4.21. The maximum atomic E-state index is 12.3. The number of aromatic nitrogens is 2. The Labute approximate surface area is 210 Å². The molecule has 0 radical (unpaired) electrons. The van der Waals surface area contributed by atoms with Gasteiger partial charge in [-0.15, -0.1) is 10.2 Å². The molecule has 0 N–H and O–H groups in total. The molecule has 186 valence electrons. The lowest BCUT2D eigenvalue weighted by Gasteiger charge is -2.60. The first kappa shape index (κ1) is 23.8. The number of amides is 1. The van der Waals surface area contributed by atoms with Gasteiger partial charge in [0.2, 0.25) is 0 Å². The highest BCUT2D eigenvalue weighted by atomic mass is 16.7. The molecule has 0 saturated carbocycles. The first-order valence-electron chi connectivity index (χ1n) is 11.9. The van der Waals surface area contributed by atoms with Crippen LogP contribution in [0.2, 0.25) is 0 Å². The Balaban J connectivity index is 1.33. The summed E-state index contributed by atoms with van der Waals surface area (Å²) >= 11 is 0. The van der Waals surface area contributed by atoms with E-state index in [1.54, 1.807) is 12.0 Å². The van der Waals surface area contributed by atoms with E-state index in [4.69, 9.17) is 14.2 Å². The minimum absolute atomic E-state index is 0.0556. The van der Waals surface area contributed by atoms with Gasteiger partial charge in [0.1, 0.15) is 17.4 Å². The fourth-order valence-electron chi connectivity index (χ4n) is 4.84. The summed E-state index contributed by atoms with van der Waals surface area (Å²) in [5, 5.41) is 19.6. The minimum Gasteiger partial charge on any atom is -0.467 e. The minimum atomic E-state index is -0.502. The van der Waals surface area contributed by atoms with Crippen molar-refractivity contribution in [3.63, 3.8) is 0 Å². The number of likely N-dealkylation sites (tertiary alicyclic amines) is 1. The molecule has 2 fully saturated rings. The van der Waals surface area contributed by atoms with E-state index < -0.39 is 5.60 Å². The van der Waals surface area contributed by atoms with Crippen molar-refractivity contribution in [2.75, 3.05) is 45.0 Å². The number of hydrogen-bond donors (Lipinski definition) is 0. The molecule has 9 heteroatoms. The van der Waals surface area contributed by atoms with Crippen LogP contribution in [0.1, 0.15) is 26.3 Å². The third kappa shape index (κ3) is 4.52. The Hall–Kier alpha value is -3.90. The van der Waals surface area contributed by atoms with Gasteiger partial charge in [0.25, 0.3) is 0 Å². The number of rotatable bonds is 5. The lowest BCUT2D eigenvalue weighted by atomic mass is 9.72. The molecule has 0 bridgehead atoms. The van der Waals surface area contributed by atoms with Crippen LogP contribution in [0.4, 0.5) is 10.5 Å². The molecule has 9 nitrogen and oxygen atoms in total. The molecule has 36 heavy (non-hydrogen) atoms. The molecular weight excluding hydrogens is 458 g/mol. The van der Waals surface area contributed by atoms with Gasteiger partial charge in [0, 0.05) is 49.7 Å². The van der Waals surface area contributed by atoms with Crippen LogP contribution in [-0.2, 0) is 9.47 Å². The maximum absolute atomic E-state index is 12.3. The molecule has 1 amide bonds. The summed E-state index contributed by atoms with van der Waals surface area (Å²) in [7, 11) is 1.57. The van der Waals surface area contributed by atoms with E-state index in [0.29, 0.717) is 35.6 Å². The second kappa shape index (κ2) is 8.95. The van der Waals surface area contributed by atoms with Gasteiger partial charge in [-0.2, -0.15) is 5.26 Å². The van der Waals surface area contributed by atoms with Crippen molar-refractivity contribution < 1.29 is 19.0 Å². The van der Waals surface area contributed by atoms with E-state index in [0.717, 1.165) is 29.7 Å². The lowest BCUT2D eigenvalue weighted by molar-refractivity contribution is -0.0453.